The summed E-state index contributed by atoms with van der Waals surface area (Å²) in [4.78, 5) is 11.9. The molecular weight excluding hydrogens is 302 g/mol. The molecule has 0 saturated heterocycles. The third-order valence-corrected chi connectivity index (χ3v) is 3.40. The van der Waals surface area contributed by atoms with Crippen LogP contribution < -0.4 is 15.4 Å². The molecule has 0 aliphatic heterocycles. The second-order valence-corrected chi connectivity index (χ2v) is 5.07. The number of carbonyl (C=O) groups excluding carboxylic acids is 1. The highest BCUT2D eigenvalue weighted by atomic mass is 19.2. The predicted molar refractivity (Wildman–Crippen MR) is 83.1 cm³/mol. The molecule has 2 amide bonds. The Kier molecular flexibility index (Phi) is 5.51. The fraction of sp³-hybridized carbons (Fsp3) is 0.235. The van der Waals surface area contributed by atoms with Gasteiger partial charge in [-0.2, -0.15) is 0 Å². The fourth-order valence-corrected chi connectivity index (χ4v) is 2.04. The highest BCUT2D eigenvalue weighted by molar-refractivity contribution is 5.74. The summed E-state index contributed by atoms with van der Waals surface area (Å²) in [7, 11) is 1.58. The second kappa shape index (κ2) is 7.58. The molecule has 4 nitrogen and oxygen atoms in total. The zero-order chi connectivity index (χ0) is 16.8. The summed E-state index contributed by atoms with van der Waals surface area (Å²) in [5, 5.41) is 5.38. The number of benzene rings is 2. The van der Waals surface area contributed by atoms with Gasteiger partial charge >= 0.3 is 6.03 Å². The minimum Gasteiger partial charge on any atom is -0.497 e. The fourth-order valence-electron chi connectivity index (χ4n) is 2.04. The highest BCUT2D eigenvalue weighted by Crippen LogP contribution is 2.16. The van der Waals surface area contributed by atoms with Crippen molar-refractivity contribution in [1.29, 1.82) is 0 Å². The molecule has 1 atom stereocenters. The number of carbonyl (C=O) groups is 1. The van der Waals surface area contributed by atoms with Gasteiger partial charge in [0.2, 0.25) is 0 Å². The van der Waals surface area contributed by atoms with Crippen molar-refractivity contribution in [2.45, 2.75) is 19.5 Å². The van der Waals surface area contributed by atoms with E-state index in [1.165, 1.54) is 6.07 Å². The quantitative estimate of drug-likeness (QED) is 0.885. The van der Waals surface area contributed by atoms with Crippen molar-refractivity contribution in [3.63, 3.8) is 0 Å². The van der Waals surface area contributed by atoms with E-state index in [2.05, 4.69) is 10.6 Å². The van der Waals surface area contributed by atoms with Crippen molar-refractivity contribution in [3.05, 3.63) is 65.2 Å². The van der Waals surface area contributed by atoms with Gasteiger partial charge in [-0.15, -0.1) is 0 Å². The molecule has 2 aromatic carbocycles. The van der Waals surface area contributed by atoms with Gasteiger partial charge in [0.1, 0.15) is 5.75 Å². The Hall–Kier alpha value is -2.63. The Morgan fingerprint density at radius 3 is 2.43 bits per heavy atom. The molecule has 0 bridgehead atoms. The number of nitrogens with one attached hydrogen (secondary N) is 2. The van der Waals surface area contributed by atoms with E-state index < -0.39 is 23.7 Å². The smallest absolute Gasteiger partial charge is 0.315 e. The standard InChI is InChI=1S/C17H18F2N2O2/c1-11(13-5-8-15(18)16(19)9-13)21-17(22)20-10-12-3-6-14(23-2)7-4-12/h3-9,11H,10H2,1-2H3,(H2,20,21,22)/t11-/m0/s1. The normalized spacial score (nSPS) is 11.7. The molecule has 0 aromatic heterocycles. The molecule has 0 heterocycles. The Morgan fingerprint density at radius 1 is 1.13 bits per heavy atom. The van der Waals surface area contributed by atoms with Crippen LogP contribution in [0.3, 0.4) is 0 Å². The van der Waals surface area contributed by atoms with Crippen LogP contribution in [0.1, 0.15) is 24.1 Å². The lowest BCUT2D eigenvalue weighted by molar-refractivity contribution is 0.237. The van der Waals surface area contributed by atoms with Crippen LogP contribution >= 0.6 is 0 Å². The number of urea groups is 1. The summed E-state index contributed by atoms with van der Waals surface area (Å²) < 4.78 is 31.2. The van der Waals surface area contributed by atoms with Crippen LogP contribution in [-0.4, -0.2) is 13.1 Å². The van der Waals surface area contributed by atoms with Crippen LogP contribution in [0.15, 0.2) is 42.5 Å². The number of amides is 2. The predicted octanol–water partition coefficient (Wildman–Crippen LogP) is 3.53. The van der Waals surface area contributed by atoms with Gasteiger partial charge in [0.15, 0.2) is 11.6 Å². The molecule has 23 heavy (non-hydrogen) atoms. The molecule has 0 unspecified atom stereocenters. The minimum atomic E-state index is -0.935. The third-order valence-electron chi connectivity index (χ3n) is 3.40. The van der Waals surface area contributed by atoms with Crippen molar-refractivity contribution in [1.82, 2.24) is 10.6 Å². The summed E-state index contributed by atoms with van der Waals surface area (Å²) in [6.45, 7) is 2.04. The van der Waals surface area contributed by atoms with Gasteiger partial charge in [0.05, 0.1) is 13.2 Å². The van der Waals surface area contributed by atoms with Gasteiger partial charge in [-0.3, -0.25) is 0 Å². The van der Waals surface area contributed by atoms with Crippen molar-refractivity contribution in [2.24, 2.45) is 0 Å². The van der Waals surface area contributed by atoms with Gasteiger partial charge < -0.3 is 15.4 Å². The molecule has 0 radical (unpaired) electrons. The SMILES string of the molecule is COc1ccc(CNC(=O)N[C@@H](C)c2ccc(F)c(F)c2)cc1. The molecule has 2 aromatic rings. The lowest BCUT2D eigenvalue weighted by Gasteiger charge is -2.15. The zero-order valence-electron chi connectivity index (χ0n) is 12.9. The average Bonchev–Trinajstić information content (AvgIpc) is 2.55. The van der Waals surface area contributed by atoms with Crippen LogP contribution in [0.25, 0.3) is 0 Å². The number of hydrogen-bond donors (Lipinski definition) is 2. The molecule has 6 heteroatoms. The summed E-state index contributed by atoms with van der Waals surface area (Å²) in [5.74, 6) is -1.11. The molecule has 0 aliphatic rings. The van der Waals surface area contributed by atoms with E-state index >= 15 is 0 Å². The molecule has 122 valence electrons. The van der Waals surface area contributed by atoms with Gasteiger partial charge in [-0.1, -0.05) is 18.2 Å². The van der Waals surface area contributed by atoms with Crippen molar-refractivity contribution in [2.75, 3.05) is 7.11 Å². The lowest BCUT2D eigenvalue weighted by Crippen LogP contribution is -2.36. The highest BCUT2D eigenvalue weighted by Gasteiger charge is 2.11. The van der Waals surface area contributed by atoms with E-state index in [4.69, 9.17) is 4.74 Å². The van der Waals surface area contributed by atoms with Crippen LogP contribution in [0.4, 0.5) is 13.6 Å². The van der Waals surface area contributed by atoms with E-state index in [9.17, 15) is 13.6 Å². The lowest BCUT2D eigenvalue weighted by atomic mass is 10.1. The van der Waals surface area contributed by atoms with Crippen LogP contribution in [0.5, 0.6) is 5.75 Å². The van der Waals surface area contributed by atoms with Gasteiger partial charge in [-0.25, -0.2) is 13.6 Å². The topological polar surface area (TPSA) is 50.4 Å². The molecule has 0 saturated carbocycles. The van der Waals surface area contributed by atoms with E-state index in [0.29, 0.717) is 12.1 Å². The molecular formula is C17H18F2N2O2. The molecule has 0 aliphatic carbocycles. The number of rotatable bonds is 5. The zero-order valence-corrected chi connectivity index (χ0v) is 12.9. The van der Waals surface area contributed by atoms with E-state index in [-0.39, 0.29) is 0 Å². The van der Waals surface area contributed by atoms with E-state index in [0.717, 1.165) is 23.4 Å². The number of methoxy groups -OCH3 is 1. The first kappa shape index (κ1) is 16.7. The molecule has 2 rings (SSSR count). The Labute approximate surface area is 133 Å². The van der Waals surface area contributed by atoms with Crippen LogP contribution in [0.2, 0.25) is 0 Å². The van der Waals surface area contributed by atoms with Gasteiger partial charge in [0.25, 0.3) is 0 Å². The average molecular weight is 320 g/mol. The Balaban J connectivity index is 1.86. The number of halogens is 2. The maximum Gasteiger partial charge on any atom is 0.315 e. The van der Waals surface area contributed by atoms with Crippen LogP contribution in [0, 0.1) is 11.6 Å². The molecule has 2 N–H and O–H groups in total. The number of hydrogen-bond acceptors (Lipinski definition) is 2. The summed E-state index contributed by atoms with van der Waals surface area (Å²) in [6.07, 6.45) is 0. The first-order valence-corrected chi connectivity index (χ1v) is 7.12. The van der Waals surface area contributed by atoms with Crippen molar-refractivity contribution < 1.29 is 18.3 Å². The summed E-state index contributed by atoms with van der Waals surface area (Å²) in [5.41, 5.74) is 1.41. The number of ether oxygens (including phenoxy) is 1. The van der Waals surface area contributed by atoms with Crippen molar-refractivity contribution >= 4 is 6.03 Å². The second-order valence-electron chi connectivity index (χ2n) is 5.07. The van der Waals surface area contributed by atoms with E-state index in [1.807, 2.05) is 12.1 Å². The molecule has 0 fully saturated rings. The Bertz CT molecular complexity index is 675. The first-order valence-electron chi connectivity index (χ1n) is 7.12. The first-order chi connectivity index (χ1) is 11.0. The summed E-state index contributed by atoms with van der Waals surface area (Å²) in [6, 6.07) is 10.0. The largest absolute Gasteiger partial charge is 0.497 e. The minimum absolute atomic E-state index is 0.348. The maximum atomic E-state index is 13.2. The van der Waals surface area contributed by atoms with Gasteiger partial charge in [0, 0.05) is 6.54 Å². The van der Waals surface area contributed by atoms with Crippen molar-refractivity contribution in [3.8, 4) is 5.75 Å². The van der Waals surface area contributed by atoms with E-state index in [1.54, 1.807) is 26.2 Å². The van der Waals surface area contributed by atoms with Crippen LogP contribution in [-0.2, 0) is 6.54 Å². The maximum absolute atomic E-state index is 13.2. The third kappa shape index (κ3) is 4.67. The van der Waals surface area contributed by atoms with Gasteiger partial charge in [-0.05, 0) is 42.3 Å². The molecule has 0 spiro atoms. The summed E-state index contributed by atoms with van der Waals surface area (Å²) >= 11 is 0. The Morgan fingerprint density at radius 2 is 1.83 bits per heavy atom. The monoisotopic (exact) mass is 320 g/mol.